The second-order valence-electron chi connectivity index (χ2n) is 4.61. The van der Waals surface area contributed by atoms with Gasteiger partial charge < -0.3 is 10.4 Å². The van der Waals surface area contributed by atoms with Gasteiger partial charge in [0.1, 0.15) is 5.82 Å². The first-order chi connectivity index (χ1) is 8.43. The van der Waals surface area contributed by atoms with Crippen LogP contribution in [0.3, 0.4) is 0 Å². The summed E-state index contributed by atoms with van der Waals surface area (Å²) in [5.41, 5.74) is -0.107. The van der Waals surface area contributed by atoms with E-state index >= 15 is 0 Å². The molecule has 0 aromatic heterocycles. The van der Waals surface area contributed by atoms with Crippen LogP contribution in [0.2, 0.25) is 5.02 Å². The number of aliphatic hydroxyl groups excluding tert-OH is 1. The highest BCUT2D eigenvalue weighted by molar-refractivity contribution is 6.31. The van der Waals surface area contributed by atoms with Crippen LogP contribution in [0.4, 0.5) is 4.39 Å². The molecule has 0 aliphatic carbocycles. The summed E-state index contributed by atoms with van der Waals surface area (Å²) < 4.78 is 13.5. The fourth-order valence-corrected chi connectivity index (χ4v) is 1.85. The fourth-order valence-electron chi connectivity index (χ4n) is 1.68. The van der Waals surface area contributed by atoms with Gasteiger partial charge in [0.15, 0.2) is 0 Å². The Bertz CT molecular complexity index is 423. The van der Waals surface area contributed by atoms with Crippen LogP contribution in [0.15, 0.2) is 18.2 Å². The predicted molar refractivity (Wildman–Crippen MR) is 69.2 cm³/mol. The van der Waals surface area contributed by atoms with Gasteiger partial charge in [-0.3, -0.25) is 4.79 Å². The second-order valence-corrected chi connectivity index (χ2v) is 5.04. The van der Waals surface area contributed by atoms with Crippen molar-refractivity contribution >= 4 is 17.5 Å². The highest BCUT2D eigenvalue weighted by Gasteiger charge is 2.17. The summed E-state index contributed by atoms with van der Waals surface area (Å²) in [6, 6.07) is 3.42. The van der Waals surface area contributed by atoms with Crippen molar-refractivity contribution in [3.05, 3.63) is 34.6 Å². The van der Waals surface area contributed by atoms with E-state index in [4.69, 9.17) is 16.7 Å². The molecule has 0 saturated carbocycles. The lowest BCUT2D eigenvalue weighted by molar-refractivity contribution is 0.0904. The summed E-state index contributed by atoms with van der Waals surface area (Å²) in [6.45, 7) is 3.79. The lowest BCUT2D eigenvalue weighted by Crippen LogP contribution is -2.38. The number of amides is 1. The second kappa shape index (κ2) is 6.71. The Balaban J connectivity index is 2.77. The Morgan fingerprint density at radius 2 is 2.17 bits per heavy atom. The molecule has 0 heterocycles. The monoisotopic (exact) mass is 273 g/mol. The number of aliphatic hydroxyl groups is 1. The van der Waals surface area contributed by atoms with E-state index in [1.54, 1.807) is 0 Å². The molecule has 100 valence electrons. The minimum absolute atomic E-state index is 0.107. The number of benzene rings is 1. The van der Waals surface area contributed by atoms with Crippen LogP contribution in [-0.2, 0) is 0 Å². The Hall–Kier alpha value is -1.13. The zero-order valence-corrected chi connectivity index (χ0v) is 11.2. The van der Waals surface area contributed by atoms with Crippen LogP contribution in [0.5, 0.6) is 0 Å². The number of hydrogen-bond acceptors (Lipinski definition) is 2. The van der Waals surface area contributed by atoms with E-state index in [-0.39, 0.29) is 18.2 Å². The van der Waals surface area contributed by atoms with Crippen LogP contribution in [0.25, 0.3) is 0 Å². The maximum Gasteiger partial charge on any atom is 0.254 e. The van der Waals surface area contributed by atoms with E-state index in [1.165, 1.54) is 12.1 Å². The van der Waals surface area contributed by atoms with Crippen LogP contribution >= 0.6 is 11.6 Å². The van der Waals surface area contributed by atoms with E-state index in [1.807, 2.05) is 13.8 Å². The van der Waals surface area contributed by atoms with Crippen molar-refractivity contribution in [2.75, 3.05) is 6.61 Å². The average molecular weight is 274 g/mol. The Morgan fingerprint density at radius 3 is 2.72 bits per heavy atom. The average Bonchev–Trinajstić information content (AvgIpc) is 2.30. The van der Waals surface area contributed by atoms with Gasteiger partial charge in [0.2, 0.25) is 0 Å². The highest BCUT2D eigenvalue weighted by Crippen LogP contribution is 2.15. The summed E-state index contributed by atoms with van der Waals surface area (Å²) in [4.78, 5) is 11.8. The number of carbonyl (C=O) groups is 1. The SMILES string of the molecule is CC(C)CC(CO)NC(=O)c1cc(Cl)ccc1F. The lowest BCUT2D eigenvalue weighted by Gasteiger charge is -2.18. The number of hydrogen-bond donors (Lipinski definition) is 2. The normalized spacial score (nSPS) is 12.6. The van der Waals surface area contributed by atoms with E-state index in [2.05, 4.69) is 5.32 Å². The maximum atomic E-state index is 13.5. The first kappa shape index (κ1) is 14.9. The molecule has 0 spiro atoms. The summed E-state index contributed by atoms with van der Waals surface area (Å²) in [7, 11) is 0. The van der Waals surface area contributed by atoms with Crippen molar-refractivity contribution in [2.45, 2.75) is 26.3 Å². The van der Waals surface area contributed by atoms with Crippen LogP contribution in [0.1, 0.15) is 30.6 Å². The van der Waals surface area contributed by atoms with Crippen molar-refractivity contribution < 1.29 is 14.3 Å². The molecule has 18 heavy (non-hydrogen) atoms. The molecule has 2 N–H and O–H groups in total. The molecule has 0 radical (unpaired) electrons. The van der Waals surface area contributed by atoms with Gasteiger partial charge in [-0.05, 0) is 30.5 Å². The van der Waals surface area contributed by atoms with Crippen molar-refractivity contribution in [1.82, 2.24) is 5.32 Å². The molecule has 1 atom stereocenters. The molecule has 0 bridgehead atoms. The summed E-state index contributed by atoms with van der Waals surface area (Å²) in [6.07, 6.45) is 0.629. The zero-order valence-electron chi connectivity index (χ0n) is 10.4. The first-order valence-electron chi connectivity index (χ1n) is 5.80. The molecule has 1 amide bonds. The molecular weight excluding hydrogens is 257 g/mol. The lowest BCUT2D eigenvalue weighted by atomic mass is 10.0. The standard InChI is InChI=1S/C13H17ClFNO2/c1-8(2)5-10(7-17)16-13(18)11-6-9(14)3-4-12(11)15/h3-4,6,8,10,17H,5,7H2,1-2H3,(H,16,18). The van der Waals surface area contributed by atoms with Crippen LogP contribution < -0.4 is 5.32 Å². The highest BCUT2D eigenvalue weighted by atomic mass is 35.5. The maximum absolute atomic E-state index is 13.5. The Morgan fingerprint density at radius 1 is 1.50 bits per heavy atom. The molecule has 0 aliphatic heterocycles. The van der Waals surface area contributed by atoms with Crippen molar-refractivity contribution in [2.24, 2.45) is 5.92 Å². The van der Waals surface area contributed by atoms with Gasteiger partial charge in [-0.1, -0.05) is 25.4 Å². The molecule has 1 aromatic rings. The molecule has 1 aromatic carbocycles. The number of carbonyl (C=O) groups excluding carboxylic acids is 1. The van der Waals surface area contributed by atoms with E-state index in [9.17, 15) is 9.18 Å². The van der Waals surface area contributed by atoms with Gasteiger partial charge in [-0.2, -0.15) is 0 Å². The molecule has 0 saturated heterocycles. The van der Waals surface area contributed by atoms with E-state index < -0.39 is 11.7 Å². The molecule has 1 unspecified atom stereocenters. The number of rotatable bonds is 5. The Labute approximate surface area is 111 Å². The molecule has 1 rings (SSSR count). The quantitative estimate of drug-likeness (QED) is 0.866. The summed E-state index contributed by atoms with van der Waals surface area (Å²) >= 11 is 5.72. The van der Waals surface area contributed by atoms with Gasteiger partial charge in [-0.25, -0.2) is 4.39 Å². The van der Waals surface area contributed by atoms with Crippen LogP contribution in [-0.4, -0.2) is 23.7 Å². The van der Waals surface area contributed by atoms with Crippen molar-refractivity contribution in [1.29, 1.82) is 0 Å². The summed E-state index contributed by atoms with van der Waals surface area (Å²) in [5, 5.41) is 12.1. The third kappa shape index (κ3) is 4.27. The van der Waals surface area contributed by atoms with Crippen LogP contribution in [0, 0.1) is 11.7 Å². The predicted octanol–water partition coefficient (Wildman–Crippen LogP) is 2.62. The minimum atomic E-state index is -0.627. The molecule has 5 heteroatoms. The molecule has 0 fully saturated rings. The third-order valence-electron chi connectivity index (χ3n) is 2.48. The Kier molecular flexibility index (Phi) is 5.56. The first-order valence-corrected chi connectivity index (χ1v) is 6.18. The smallest absolute Gasteiger partial charge is 0.254 e. The van der Waals surface area contributed by atoms with Gasteiger partial charge in [0, 0.05) is 5.02 Å². The van der Waals surface area contributed by atoms with Crippen molar-refractivity contribution in [3.8, 4) is 0 Å². The molecule has 0 aliphatic rings. The summed E-state index contributed by atoms with van der Waals surface area (Å²) in [5.74, 6) is -0.862. The van der Waals surface area contributed by atoms with Gasteiger partial charge in [0.25, 0.3) is 5.91 Å². The van der Waals surface area contributed by atoms with E-state index in [0.717, 1.165) is 6.07 Å². The largest absolute Gasteiger partial charge is 0.394 e. The minimum Gasteiger partial charge on any atom is -0.394 e. The van der Waals surface area contributed by atoms with Gasteiger partial charge in [0.05, 0.1) is 18.2 Å². The number of halogens is 2. The molecular formula is C13H17ClFNO2. The van der Waals surface area contributed by atoms with Gasteiger partial charge in [-0.15, -0.1) is 0 Å². The fraction of sp³-hybridized carbons (Fsp3) is 0.462. The zero-order chi connectivity index (χ0) is 13.7. The third-order valence-corrected chi connectivity index (χ3v) is 2.72. The molecule has 3 nitrogen and oxygen atoms in total. The topological polar surface area (TPSA) is 49.3 Å². The van der Waals surface area contributed by atoms with E-state index in [0.29, 0.717) is 17.4 Å². The van der Waals surface area contributed by atoms with Crippen molar-refractivity contribution in [3.63, 3.8) is 0 Å². The van der Waals surface area contributed by atoms with Gasteiger partial charge >= 0.3 is 0 Å². The number of nitrogens with one attached hydrogen (secondary N) is 1.